The van der Waals surface area contributed by atoms with Crippen LogP contribution in [0.5, 0.6) is 0 Å². The zero-order valence-electron chi connectivity index (χ0n) is 18.1. The van der Waals surface area contributed by atoms with Crippen LogP contribution in [0.4, 0.5) is 11.5 Å². The van der Waals surface area contributed by atoms with Crippen LogP contribution in [0, 0.1) is 17.2 Å². The van der Waals surface area contributed by atoms with E-state index in [-0.39, 0.29) is 17.5 Å². The largest absolute Gasteiger partial charge is 0.338 e. The van der Waals surface area contributed by atoms with E-state index in [9.17, 15) is 10.1 Å². The van der Waals surface area contributed by atoms with Crippen molar-refractivity contribution in [3.63, 3.8) is 0 Å². The minimum absolute atomic E-state index is 0.00165. The number of nitriles is 1. The summed E-state index contributed by atoms with van der Waals surface area (Å²) in [4.78, 5) is 17.9. The monoisotopic (exact) mass is 416 g/mol. The quantitative estimate of drug-likeness (QED) is 0.656. The molecule has 1 aliphatic carbocycles. The van der Waals surface area contributed by atoms with E-state index in [1.165, 1.54) is 11.1 Å². The lowest BCUT2D eigenvalue weighted by Gasteiger charge is -2.27. The van der Waals surface area contributed by atoms with E-state index in [2.05, 4.69) is 53.3 Å². The van der Waals surface area contributed by atoms with Gasteiger partial charge in [0.1, 0.15) is 5.39 Å². The molecule has 0 radical (unpaired) electrons. The van der Waals surface area contributed by atoms with Gasteiger partial charge in [-0.15, -0.1) is 0 Å². The lowest BCUT2D eigenvalue weighted by molar-refractivity contribution is 0.227. The fourth-order valence-corrected chi connectivity index (χ4v) is 4.99. The third-order valence-corrected chi connectivity index (χ3v) is 6.79. The molecule has 3 aromatic rings. The molecule has 3 heterocycles. The highest BCUT2D eigenvalue weighted by Crippen LogP contribution is 2.37. The maximum Gasteiger partial charge on any atom is 0.261 e. The number of rotatable bonds is 4. The summed E-state index contributed by atoms with van der Waals surface area (Å²) in [7, 11) is 0. The van der Waals surface area contributed by atoms with Gasteiger partial charge in [0.2, 0.25) is 0 Å². The van der Waals surface area contributed by atoms with Gasteiger partial charge in [0, 0.05) is 31.0 Å². The Morgan fingerprint density at radius 3 is 2.81 bits per heavy atom. The number of fused-ring (bicyclic) bond motifs is 2. The van der Waals surface area contributed by atoms with Crippen LogP contribution >= 0.6 is 0 Å². The molecule has 31 heavy (non-hydrogen) atoms. The molecule has 7 nitrogen and oxygen atoms in total. The fourth-order valence-electron chi connectivity index (χ4n) is 4.99. The average Bonchev–Trinajstić information content (AvgIpc) is 3.36. The van der Waals surface area contributed by atoms with Crippen molar-refractivity contribution < 1.29 is 0 Å². The van der Waals surface area contributed by atoms with Crippen LogP contribution in [0.15, 0.2) is 35.3 Å². The number of hydrogen-bond donors (Lipinski definition) is 2. The van der Waals surface area contributed by atoms with Crippen LogP contribution in [0.2, 0.25) is 0 Å². The molecule has 160 valence electrons. The summed E-state index contributed by atoms with van der Waals surface area (Å²) in [6, 6.07) is 11.2. The predicted octanol–water partition coefficient (Wildman–Crippen LogP) is 4.45. The minimum atomic E-state index is -0.164. The van der Waals surface area contributed by atoms with Gasteiger partial charge in [-0.3, -0.25) is 14.4 Å². The SMILES string of the molecule is CC(C)N1Cc2ccc(Nc3nn(C4CCCCC4C#N)c4cc[nH]c(=O)c34)cc2C1. The Kier molecular flexibility index (Phi) is 5.03. The second-order valence-corrected chi connectivity index (χ2v) is 9.05. The number of anilines is 2. The number of H-pyrrole nitrogens is 1. The van der Waals surface area contributed by atoms with Gasteiger partial charge in [-0.25, -0.2) is 0 Å². The van der Waals surface area contributed by atoms with Gasteiger partial charge >= 0.3 is 0 Å². The lowest BCUT2D eigenvalue weighted by Crippen LogP contribution is -2.24. The van der Waals surface area contributed by atoms with E-state index in [1.54, 1.807) is 6.20 Å². The molecule has 0 saturated heterocycles. The molecule has 2 aromatic heterocycles. The molecule has 2 aliphatic rings. The van der Waals surface area contributed by atoms with Crippen LogP contribution < -0.4 is 10.9 Å². The van der Waals surface area contributed by atoms with Crippen molar-refractivity contribution in [1.82, 2.24) is 19.7 Å². The molecular weight excluding hydrogens is 388 g/mol. The summed E-state index contributed by atoms with van der Waals surface area (Å²) in [6.45, 7) is 6.34. The third kappa shape index (κ3) is 3.51. The maximum atomic E-state index is 12.7. The average molecular weight is 417 g/mol. The van der Waals surface area contributed by atoms with Gasteiger partial charge in [0.05, 0.1) is 23.5 Å². The summed E-state index contributed by atoms with van der Waals surface area (Å²) < 4.78 is 1.91. The van der Waals surface area contributed by atoms with Gasteiger partial charge in [-0.2, -0.15) is 10.4 Å². The van der Waals surface area contributed by atoms with Crippen LogP contribution in [-0.4, -0.2) is 25.7 Å². The van der Waals surface area contributed by atoms with E-state index in [1.807, 2.05) is 10.7 Å². The smallest absolute Gasteiger partial charge is 0.261 e. The van der Waals surface area contributed by atoms with E-state index in [0.717, 1.165) is 50.0 Å². The Hall–Kier alpha value is -3.11. The number of benzene rings is 1. The normalized spacial score (nSPS) is 21.4. The summed E-state index contributed by atoms with van der Waals surface area (Å²) in [5, 5.41) is 18.4. The van der Waals surface area contributed by atoms with Crippen molar-refractivity contribution in [3.05, 3.63) is 51.9 Å². The molecule has 2 N–H and O–H groups in total. The number of nitrogens with zero attached hydrogens (tertiary/aromatic N) is 4. The Balaban J connectivity index is 1.52. The van der Waals surface area contributed by atoms with Crippen molar-refractivity contribution in [2.75, 3.05) is 5.32 Å². The van der Waals surface area contributed by atoms with Crippen LogP contribution in [0.1, 0.15) is 56.7 Å². The summed E-state index contributed by atoms with van der Waals surface area (Å²) >= 11 is 0. The maximum absolute atomic E-state index is 12.7. The Bertz CT molecular complexity index is 1220. The highest BCUT2D eigenvalue weighted by atomic mass is 16.1. The van der Waals surface area contributed by atoms with Gasteiger partial charge in [-0.1, -0.05) is 18.9 Å². The van der Waals surface area contributed by atoms with Crippen LogP contribution in [0.25, 0.3) is 10.9 Å². The van der Waals surface area contributed by atoms with Gasteiger partial charge in [0.15, 0.2) is 5.82 Å². The summed E-state index contributed by atoms with van der Waals surface area (Å²) in [5.41, 5.74) is 4.22. The number of hydrogen-bond acceptors (Lipinski definition) is 5. The first-order valence-electron chi connectivity index (χ1n) is 11.2. The zero-order valence-corrected chi connectivity index (χ0v) is 18.1. The second-order valence-electron chi connectivity index (χ2n) is 9.05. The first-order valence-corrected chi connectivity index (χ1v) is 11.2. The molecule has 1 fully saturated rings. The Morgan fingerprint density at radius 2 is 2.00 bits per heavy atom. The number of aromatic nitrogens is 3. The molecule has 2 atom stereocenters. The zero-order chi connectivity index (χ0) is 21.5. The van der Waals surface area contributed by atoms with Crippen LogP contribution in [-0.2, 0) is 13.1 Å². The van der Waals surface area contributed by atoms with E-state index in [4.69, 9.17) is 5.10 Å². The molecule has 0 bridgehead atoms. The summed E-state index contributed by atoms with van der Waals surface area (Å²) in [6.07, 6.45) is 5.60. The molecule has 0 spiro atoms. The number of aromatic amines is 1. The molecule has 2 unspecified atom stereocenters. The molecule has 7 heteroatoms. The molecule has 0 amide bonds. The highest BCUT2D eigenvalue weighted by molar-refractivity contribution is 5.91. The topological polar surface area (TPSA) is 89.7 Å². The minimum Gasteiger partial charge on any atom is -0.338 e. The fraction of sp³-hybridized carbons (Fsp3) is 0.458. The number of pyridine rings is 1. The van der Waals surface area contributed by atoms with Crippen molar-refractivity contribution >= 4 is 22.4 Å². The van der Waals surface area contributed by atoms with Crippen molar-refractivity contribution in [1.29, 1.82) is 5.26 Å². The predicted molar refractivity (Wildman–Crippen MR) is 121 cm³/mol. The van der Waals surface area contributed by atoms with Crippen molar-refractivity contribution in [2.24, 2.45) is 5.92 Å². The highest BCUT2D eigenvalue weighted by Gasteiger charge is 2.30. The van der Waals surface area contributed by atoms with E-state index >= 15 is 0 Å². The molecule has 1 saturated carbocycles. The number of nitrogens with one attached hydrogen (secondary N) is 2. The Labute approximate surface area is 181 Å². The molecular formula is C24H28N6O. The standard InChI is InChI=1S/C24H28N6O/c1-15(2)29-13-17-7-8-19(11-18(17)14-29)27-23-22-21(9-10-26-24(22)31)30(28-23)20-6-4-3-5-16(20)12-25/h7-11,15-16,20H,3-6,13-14H2,1-2H3,(H,26,31)(H,27,28). The van der Waals surface area contributed by atoms with E-state index < -0.39 is 0 Å². The first-order chi connectivity index (χ1) is 15.0. The van der Waals surface area contributed by atoms with Crippen molar-refractivity contribution in [3.8, 4) is 6.07 Å². The third-order valence-electron chi connectivity index (χ3n) is 6.79. The molecule has 1 aromatic carbocycles. The second kappa shape index (κ2) is 7.86. The van der Waals surface area contributed by atoms with Gasteiger partial charge in [-0.05, 0) is 56.0 Å². The van der Waals surface area contributed by atoms with Crippen molar-refractivity contribution in [2.45, 2.75) is 64.7 Å². The van der Waals surface area contributed by atoms with E-state index in [0.29, 0.717) is 17.2 Å². The Morgan fingerprint density at radius 1 is 1.19 bits per heavy atom. The lowest BCUT2D eigenvalue weighted by atomic mass is 9.85. The summed E-state index contributed by atoms with van der Waals surface area (Å²) in [5.74, 6) is 0.476. The van der Waals surface area contributed by atoms with Gasteiger partial charge < -0.3 is 10.3 Å². The van der Waals surface area contributed by atoms with Crippen LogP contribution in [0.3, 0.4) is 0 Å². The molecule has 5 rings (SSSR count). The molecule has 1 aliphatic heterocycles. The first kappa shape index (κ1) is 19.8. The van der Waals surface area contributed by atoms with Gasteiger partial charge in [0.25, 0.3) is 5.56 Å².